The zero-order valence-corrected chi connectivity index (χ0v) is 16.6. The van der Waals surface area contributed by atoms with E-state index in [1.807, 2.05) is 38.1 Å². The predicted molar refractivity (Wildman–Crippen MR) is 107 cm³/mol. The topological polar surface area (TPSA) is 58.6 Å². The Morgan fingerprint density at radius 1 is 1.19 bits per heavy atom. The molecule has 27 heavy (non-hydrogen) atoms. The van der Waals surface area contributed by atoms with Crippen molar-refractivity contribution in [2.24, 2.45) is 0 Å². The van der Waals surface area contributed by atoms with E-state index >= 15 is 0 Å². The third kappa shape index (κ3) is 6.00. The van der Waals surface area contributed by atoms with Crippen LogP contribution in [0.3, 0.4) is 0 Å². The molecule has 2 aromatic carbocycles. The number of rotatable bonds is 8. The molecule has 5 nitrogen and oxygen atoms in total. The number of nitrogens with one attached hydrogen (secondary N) is 1. The van der Waals surface area contributed by atoms with Gasteiger partial charge in [-0.15, -0.1) is 0 Å². The van der Waals surface area contributed by atoms with Crippen LogP contribution in [0.25, 0.3) is 0 Å². The molecule has 1 atom stereocenters. The van der Waals surface area contributed by atoms with Crippen molar-refractivity contribution in [1.82, 2.24) is 10.2 Å². The Balaban J connectivity index is 2.17. The lowest BCUT2D eigenvalue weighted by atomic mass is 10.1. The molecule has 6 heteroatoms. The van der Waals surface area contributed by atoms with E-state index in [2.05, 4.69) is 5.32 Å². The Labute approximate surface area is 165 Å². The molecule has 144 valence electrons. The predicted octanol–water partition coefficient (Wildman–Crippen LogP) is 3.58. The second-order valence-corrected chi connectivity index (χ2v) is 6.73. The van der Waals surface area contributed by atoms with Crippen molar-refractivity contribution in [2.45, 2.75) is 32.9 Å². The van der Waals surface area contributed by atoms with Gasteiger partial charge in [-0.3, -0.25) is 9.59 Å². The first kappa shape index (κ1) is 20.8. The quantitative estimate of drug-likeness (QED) is 0.751. The highest BCUT2D eigenvalue weighted by Crippen LogP contribution is 2.18. The number of carbonyl (C=O) groups excluding carboxylic acids is 2. The number of hydrogen-bond acceptors (Lipinski definition) is 3. The lowest BCUT2D eigenvalue weighted by Crippen LogP contribution is -2.49. The minimum absolute atomic E-state index is 0.167. The minimum Gasteiger partial charge on any atom is -0.484 e. The fourth-order valence-electron chi connectivity index (χ4n) is 2.76. The molecule has 0 saturated carbocycles. The number of halogens is 1. The second-order valence-electron chi connectivity index (χ2n) is 6.29. The van der Waals surface area contributed by atoms with E-state index in [1.54, 1.807) is 36.2 Å². The number of amides is 2. The van der Waals surface area contributed by atoms with Crippen LogP contribution in [0.4, 0.5) is 0 Å². The Kier molecular flexibility index (Phi) is 7.67. The molecule has 0 radical (unpaired) electrons. The summed E-state index contributed by atoms with van der Waals surface area (Å²) in [6, 6.07) is 14.2. The number of ether oxygens (including phenoxy) is 1. The van der Waals surface area contributed by atoms with Crippen LogP contribution >= 0.6 is 11.6 Å². The highest BCUT2D eigenvalue weighted by atomic mass is 35.5. The Morgan fingerprint density at radius 2 is 1.89 bits per heavy atom. The monoisotopic (exact) mass is 388 g/mol. The van der Waals surface area contributed by atoms with Gasteiger partial charge in [-0.1, -0.05) is 54.4 Å². The molecule has 2 aromatic rings. The Morgan fingerprint density at radius 3 is 2.48 bits per heavy atom. The number of nitrogens with zero attached hydrogens (tertiary/aromatic N) is 1. The average molecular weight is 389 g/mol. The molecular formula is C21H25ClN2O3. The standard InChI is InChI=1S/C21H25ClN2O3/c1-4-19(21(26)23-3)24(13-16-10-8-15(2)9-11-16)20(25)14-27-18-7-5-6-17(22)12-18/h5-12,19H,4,13-14H2,1-3H3,(H,23,26)/t19-/m0/s1. The summed E-state index contributed by atoms with van der Waals surface area (Å²) in [7, 11) is 1.57. The van der Waals surface area contributed by atoms with Gasteiger partial charge in [-0.2, -0.15) is 0 Å². The molecule has 0 spiro atoms. The van der Waals surface area contributed by atoms with Crippen molar-refractivity contribution in [3.8, 4) is 5.75 Å². The van der Waals surface area contributed by atoms with E-state index < -0.39 is 6.04 Å². The van der Waals surface area contributed by atoms with E-state index in [9.17, 15) is 9.59 Å². The van der Waals surface area contributed by atoms with Crippen LogP contribution in [0, 0.1) is 6.92 Å². The van der Waals surface area contributed by atoms with Crippen molar-refractivity contribution in [3.05, 3.63) is 64.7 Å². The maximum atomic E-state index is 12.9. The van der Waals surface area contributed by atoms with Crippen molar-refractivity contribution < 1.29 is 14.3 Å². The SMILES string of the molecule is CC[C@@H](C(=O)NC)N(Cc1ccc(C)cc1)C(=O)COc1cccc(Cl)c1. The normalized spacial score (nSPS) is 11.6. The van der Waals surface area contributed by atoms with E-state index in [-0.39, 0.29) is 18.4 Å². The van der Waals surface area contributed by atoms with Crippen molar-refractivity contribution in [3.63, 3.8) is 0 Å². The lowest BCUT2D eigenvalue weighted by Gasteiger charge is -2.30. The molecule has 0 aliphatic rings. The van der Waals surface area contributed by atoms with Gasteiger partial charge in [-0.05, 0) is 37.1 Å². The van der Waals surface area contributed by atoms with Gasteiger partial charge >= 0.3 is 0 Å². The third-order valence-electron chi connectivity index (χ3n) is 4.26. The van der Waals surface area contributed by atoms with Crippen LogP contribution in [-0.2, 0) is 16.1 Å². The van der Waals surface area contributed by atoms with Crippen LogP contribution in [-0.4, -0.2) is 36.4 Å². The molecule has 2 rings (SSSR count). The molecule has 0 heterocycles. The van der Waals surface area contributed by atoms with Crippen molar-refractivity contribution in [2.75, 3.05) is 13.7 Å². The summed E-state index contributed by atoms with van der Waals surface area (Å²) in [6.45, 7) is 4.06. The molecule has 0 fully saturated rings. The number of hydrogen-bond donors (Lipinski definition) is 1. The van der Waals surface area contributed by atoms with Crippen LogP contribution in [0.1, 0.15) is 24.5 Å². The highest BCUT2D eigenvalue weighted by molar-refractivity contribution is 6.30. The van der Waals surface area contributed by atoms with E-state index in [0.717, 1.165) is 11.1 Å². The summed E-state index contributed by atoms with van der Waals surface area (Å²) in [5, 5.41) is 3.17. The first-order valence-electron chi connectivity index (χ1n) is 8.89. The molecule has 0 unspecified atom stereocenters. The molecule has 0 saturated heterocycles. The summed E-state index contributed by atoms with van der Waals surface area (Å²) in [6.07, 6.45) is 0.508. The van der Waals surface area contributed by atoms with Crippen LogP contribution < -0.4 is 10.1 Å². The summed E-state index contributed by atoms with van der Waals surface area (Å²) in [5.74, 6) is 0.0610. The molecule has 1 N–H and O–H groups in total. The van der Waals surface area contributed by atoms with Gasteiger partial charge in [0.1, 0.15) is 11.8 Å². The van der Waals surface area contributed by atoms with Crippen LogP contribution in [0.5, 0.6) is 5.75 Å². The lowest BCUT2D eigenvalue weighted by molar-refractivity contribution is -0.142. The van der Waals surface area contributed by atoms with Crippen molar-refractivity contribution in [1.29, 1.82) is 0 Å². The molecule has 2 amide bonds. The summed E-state index contributed by atoms with van der Waals surface area (Å²) in [4.78, 5) is 26.7. The van der Waals surface area contributed by atoms with Gasteiger partial charge < -0.3 is 15.0 Å². The maximum absolute atomic E-state index is 12.9. The van der Waals surface area contributed by atoms with Gasteiger partial charge in [0, 0.05) is 18.6 Å². The van der Waals surface area contributed by atoms with E-state index in [1.165, 1.54) is 0 Å². The maximum Gasteiger partial charge on any atom is 0.261 e. The molecular weight excluding hydrogens is 364 g/mol. The van der Waals surface area contributed by atoms with Crippen molar-refractivity contribution >= 4 is 23.4 Å². The number of benzene rings is 2. The summed E-state index contributed by atoms with van der Waals surface area (Å²) < 4.78 is 5.59. The minimum atomic E-state index is -0.563. The highest BCUT2D eigenvalue weighted by Gasteiger charge is 2.28. The number of likely N-dealkylation sites (N-methyl/N-ethyl adjacent to an activating group) is 1. The average Bonchev–Trinajstić information content (AvgIpc) is 2.67. The summed E-state index contributed by atoms with van der Waals surface area (Å²) in [5.41, 5.74) is 2.10. The Hall–Kier alpha value is -2.53. The summed E-state index contributed by atoms with van der Waals surface area (Å²) >= 11 is 5.95. The number of aryl methyl sites for hydroxylation is 1. The molecule has 0 aromatic heterocycles. The molecule has 0 aliphatic heterocycles. The van der Waals surface area contributed by atoms with Crippen LogP contribution in [0.2, 0.25) is 5.02 Å². The fourth-order valence-corrected chi connectivity index (χ4v) is 2.94. The molecule has 0 aliphatic carbocycles. The fraction of sp³-hybridized carbons (Fsp3) is 0.333. The molecule has 0 bridgehead atoms. The Bertz CT molecular complexity index is 777. The second kappa shape index (κ2) is 9.97. The largest absolute Gasteiger partial charge is 0.484 e. The van der Waals surface area contributed by atoms with Gasteiger partial charge in [0.25, 0.3) is 5.91 Å². The zero-order valence-electron chi connectivity index (χ0n) is 15.9. The zero-order chi connectivity index (χ0) is 19.8. The van der Waals surface area contributed by atoms with Gasteiger partial charge in [-0.25, -0.2) is 0 Å². The first-order chi connectivity index (χ1) is 12.9. The smallest absolute Gasteiger partial charge is 0.261 e. The van der Waals surface area contributed by atoms with Gasteiger partial charge in [0.05, 0.1) is 0 Å². The first-order valence-corrected chi connectivity index (χ1v) is 9.27. The van der Waals surface area contributed by atoms with E-state index in [4.69, 9.17) is 16.3 Å². The third-order valence-corrected chi connectivity index (χ3v) is 4.50. The van der Waals surface area contributed by atoms with Gasteiger partial charge in [0.2, 0.25) is 5.91 Å². The van der Waals surface area contributed by atoms with Gasteiger partial charge in [0.15, 0.2) is 6.61 Å². The number of carbonyl (C=O) groups is 2. The van der Waals surface area contributed by atoms with E-state index in [0.29, 0.717) is 23.7 Å². The van der Waals surface area contributed by atoms with Crippen LogP contribution in [0.15, 0.2) is 48.5 Å².